The van der Waals surface area contributed by atoms with E-state index in [1.165, 1.54) is 12.4 Å². The second-order valence-corrected chi connectivity index (χ2v) is 3.12. The van der Waals surface area contributed by atoms with E-state index in [2.05, 4.69) is 19.9 Å². The van der Waals surface area contributed by atoms with Gasteiger partial charge in [-0.1, -0.05) is 0 Å². The van der Waals surface area contributed by atoms with E-state index in [4.69, 9.17) is 5.11 Å². The molecule has 0 amide bonds. The minimum atomic E-state index is -1.08. The Balaban J connectivity index is 2.54. The molecule has 16 heavy (non-hydrogen) atoms. The van der Waals surface area contributed by atoms with Crippen molar-refractivity contribution in [2.24, 2.45) is 0 Å². The Morgan fingerprint density at radius 1 is 1.38 bits per heavy atom. The van der Waals surface area contributed by atoms with E-state index in [1.54, 1.807) is 19.2 Å². The highest BCUT2D eigenvalue weighted by Crippen LogP contribution is 2.11. The average Bonchev–Trinajstić information content (AvgIpc) is 2.29. The zero-order valence-corrected chi connectivity index (χ0v) is 8.45. The molecule has 0 aliphatic carbocycles. The number of aromatic carboxylic acids is 1. The minimum absolute atomic E-state index is 0.0406. The standard InChI is InChI=1S/C10H8N4O2/c1-6-4-8(10(15)16)14-9(13-6)7-2-3-11-5-12-7/h2-5H,1H3,(H,15,16). The van der Waals surface area contributed by atoms with Crippen molar-refractivity contribution < 1.29 is 9.90 Å². The molecule has 0 atom stereocenters. The summed E-state index contributed by atoms with van der Waals surface area (Å²) in [6.07, 6.45) is 2.91. The summed E-state index contributed by atoms with van der Waals surface area (Å²) in [5.74, 6) is -0.791. The molecule has 0 saturated carbocycles. The molecule has 0 aliphatic rings. The van der Waals surface area contributed by atoms with Gasteiger partial charge in [-0.05, 0) is 19.1 Å². The molecule has 0 saturated heterocycles. The molecule has 0 bridgehead atoms. The predicted octanol–water partition coefficient (Wildman–Crippen LogP) is 0.940. The molecule has 6 nitrogen and oxygen atoms in total. The van der Waals surface area contributed by atoms with E-state index in [0.717, 1.165) is 0 Å². The van der Waals surface area contributed by atoms with Gasteiger partial charge in [0.2, 0.25) is 0 Å². The highest BCUT2D eigenvalue weighted by Gasteiger charge is 2.10. The maximum Gasteiger partial charge on any atom is 0.354 e. The van der Waals surface area contributed by atoms with Crippen molar-refractivity contribution >= 4 is 5.97 Å². The monoisotopic (exact) mass is 216 g/mol. The summed E-state index contributed by atoms with van der Waals surface area (Å²) in [7, 11) is 0. The maximum absolute atomic E-state index is 10.8. The van der Waals surface area contributed by atoms with Crippen molar-refractivity contribution in [2.75, 3.05) is 0 Å². The molecule has 2 aromatic rings. The maximum atomic E-state index is 10.8. The van der Waals surface area contributed by atoms with Gasteiger partial charge in [0, 0.05) is 11.9 Å². The van der Waals surface area contributed by atoms with Gasteiger partial charge in [-0.2, -0.15) is 0 Å². The van der Waals surface area contributed by atoms with Gasteiger partial charge in [-0.15, -0.1) is 0 Å². The van der Waals surface area contributed by atoms with Crippen molar-refractivity contribution in [2.45, 2.75) is 6.92 Å². The lowest BCUT2D eigenvalue weighted by Crippen LogP contribution is -2.04. The van der Waals surface area contributed by atoms with Crippen molar-refractivity contribution in [3.8, 4) is 11.5 Å². The van der Waals surface area contributed by atoms with Crippen molar-refractivity contribution in [3.63, 3.8) is 0 Å². The second kappa shape index (κ2) is 4.01. The predicted molar refractivity (Wildman–Crippen MR) is 54.8 cm³/mol. The van der Waals surface area contributed by atoms with Gasteiger partial charge in [0.05, 0.1) is 0 Å². The van der Waals surface area contributed by atoms with Gasteiger partial charge in [0.1, 0.15) is 12.0 Å². The molecule has 0 aliphatic heterocycles. The van der Waals surface area contributed by atoms with E-state index in [0.29, 0.717) is 17.2 Å². The van der Waals surface area contributed by atoms with Gasteiger partial charge in [-0.3, -0.25) is 0 Å². The Morgan fingerprint density at radius 3 is 2.81 bits per heavy atom. The SMILES string of the molecule is Cc1cc(C(=O)O)nc(-c2ccncn2)n1. The van der Waals surface area contributed by atoms with Gasteiger partial charge in [0.15, 0.2) is 11.5 Å². The number of nitrogens with zero attached hydrogens (tertiary/aromatic N) is 4. The van der Waals surface area contributed by atoms with Crippen LogP contribution in [0.2, 0.25) is 0 Å². The summed E-state index contributed by atoms with van der Waals surface area (Å²) in [5.41, 5.74) is 1.04. The number of carboxylic acid groups (broad SMARTS) is 1. The third kappa shape index (κ3) is 2.00. The van der Waals surface area contributed by atoms with Crippen LogP contribution in [-0.2, 0) is 0 Å². The van der Waals surface area contributed by atoms with Gasteiger partial charge >= 0.3 is 5.97 Å². The lowest BCUT2D eigenvalue weighted by Gasteiger charge is -2.01. The van der Waals surface area contributed by atoms with Crippen LogP contribution in [0.5, 0.6) is 0 Å². The highest BCUT2D eigenvalue weighted by atomic mass is 16.4. The molecule has 0 fully saturated rings. The molecule has 1 N–H and O–H groups in total. The minimum Gasteiger partial charge on any atom is -0.477 e. The Bertz CT molecular complexity index is 528. The first-order valence-corrected chi connectivity index (χ1v) is 4.52. The van der Waals surface area contributed by atoms with Crippen LogP contribution in [0, 0.1) is 6.92 Å². The number of aromatic nitrogens is 4. The van der Waals surface area contributed by atoms with Crippen LogP contribution in [0.25, 0.3) is 11.5 Å². The molecule has 0 unspecified atom stereocenters. The second-order valence-electron chi connectivity index (χ2n) is 3.12. The number of rotatable bonds is 2. The third-order valence-corrected chi connectivity index (χ3v) is 1.88. The van der Waals surface area contributed by atoms with Gasteiger partial charge < -0.3 is 5.11 Å². The zero-order valence-electron chi connectivity index (χ0n) is 8.45. The Hall–Kier alpha value is -2.37. The highest BCUT2D eigenvalue weighted by molar-refractivity contribution is 5.85. The first-order valence-electron chi connectivity index (χ1n) is 4.52. The molecule has 0 radical (unpaired) electrons. The van der Waals surface area contributed by atoms with Crippen molar-refractivity contribution in [1.82, 2.24) is 19.9 Å². The number of hydrogen-bond donors (Lipinski definition) is 1. The van der Waals surface area contributed by atoms with E-state index in [9.17, 15) is 4.79 Å². The molecule has 0 aromatic carbocycles. The van der Waals surface area contributed by atoms with E-state index in [1.807, 2.05) is 0 Å². The fourth-order valence-electron chi connectivity index (χ4n) is 1.22. The summed E-state index contributed by atoms with van der Waals surface area (Å²) in [5, 5.41) is 8.86. The lowest BCUT2D eigenvalue weighted by atomic mass is 10.3. The molecule has 80 valence electrons. The Morgan fingerprint density at radius 2 is 2.19 bits per heavy atom. The fourth-order valence-corrected chi connectivity index (χ4v) is 1.22. The smallest absolute Gasteiger partial charge is 0.354 e. The van der Waals surface area contributed by atoms with E-state index < -0.39 is 5.97 Å². The first-order chi connectivity index (χ1) is 7.66. The Kier molecular flexibility index (Phi) is 2.55. The first kappa shape index (κ1) is 10.2. The lowest BCUT2D eigenvalue weighted by molar-refractivity contribution is 0.0690. The molecule has 2 rings (SSSR count). The number of carbonyl (C=O) groups is 1. The summed E-state index contributed by atoms with van der Waals surface area (Å²) < 4.78 is 0. The molecule has 6 heteroatoms. The summed E-state index contributed by atoms with van der Waals surface area (Å²) in [6, 6.07) is 3.04. The molecule has 2 aromatic heterocycles. The zero-order chi connectivity index (χ0) is 11.5. The van der Waals surface area contributed by atoms with Crippen molar-refractivity contribution in [3.05, 3.63) is 36.0 Å². The van der Waals surface area contributed by atoms with Crippen LogP contribution < -0.4 is 0 Å². The Labute approximate surface area is 91.1 Å². The summed E-state index contributed by atoms with van der Waals surface area (Å²) in [6.45, 7) is 1.71. The van der Waals surface area contributed by atoms with Crippen molar-refractivity contribution in [1.29, 1.82) is 0 Å². The van der Waals surface area contributed by atoms with Crippen LogP contribution in [-0.4, -0.2) is 31.0 Å². The molecule has 0 spiro atoms. The van der Waals surface area contributed by atoms with E-state index >= 15 is 0 Å². The van der Waals surface area contributed by atoms with Crippen LogP contribution in [0.4, 0.5) is 0 Å². The molecular weight excluding hydrogens is 208 g/mol. The molecule has 2 heterocycles. The van der Waals surface area contributed by atoms with Crippen LogP contribution >= 0.6 is 0 Å². The van der Waals surface area contributed by atoms with E-state index in [-0.39, 0.29) is 5.69 Å². The number of aryl methyl sites for hydroxylation is 1. The third-order valence-electron chi connectivity index (χ3n) is 1.88. The van der Waals surface area contributed by atoms with Crippen LogP contribution in [0.3, 0.4) is 0 Å². The fraction of sp³-hybridized carbons (Fsp3) is 0.100. The van der Waals surface area contributed by atoms with Gasteiger partial charge in [0.25, 0.3) is 0 Å². The summed E-state index contributed by atoms with van der Waals surface area (Å²) in [4.78, 5) is 26.6. The number of carboxylic acids is 1. The normalized spacial score (nSPS) is 10.1. The quantitative estimate of drug-likeness (QED) is 0.803. The summed E-state index contributed by atoms with van der Waals surface area (Å²) >= 11 is 0. The largest absolute Gasteiger partial charge is 0.477 e. The van der Waals surface area contributed by atoms with Crippen LogP contribution in [0.1, 0.15) is 16.2 Å². The molecular formula is C10H8N4O2. The number of hydrogen-bond acceptors (Lipinski definition) is 5. The topological polar surface area (TPSA) is 88.9 Å². The average molecular weight is 216 g/mol. The van der Waals surface area contributed by atoms with Crippen LogP contribution in [0.15, 0.2) is 24.7 Å². The van der Waals surface area contributed by atoms with Gasteiger partial charge in [-0.25, -0.2) is 24.7 Å².